The molecule has 1 N–H and O–H groups in total. The van der Waals surface area contributed by atoms with E-state index in [1.807, 2.05) is 11.3 Å². The minimum atomic E-state index is 0.199. The lowest BCUT2D eigenvalue weighted by Crippen LogP contribution is -2.34. The molecule has 0 spiro atoms. The lowest BCUT2D eigenvalue weighted by Gasteiger charge is -2.23. The summed E-state index contributed by atoms with van der Waals surface area (Å²) in [7, 11) is 1.72. The molecule has 1 rings (SSSR count). The van der Waals surface area contributed by atoms with Crippen molar-refractivity contribution in [1.29, 1.82) is 0 Å². The lowest BCUT2D eigenvalue weighted by atomic mass is 9.91. The zero-order valence-electron chi connectivity index (χ0n) is 11.7. The van der Waals surface area contributed by atoms with E-state index in [1.54, 1.807) is 7.11 Å². The first-order valence-electron chi connectivity index (χ1n) is 6.48. The van der Waals surface area contributed by atoms with Gasteiger partial charge >= 0.3 is 0 Å². The summed E-state index contributed by atoms with van der Waals surface area (Å²) in [5, 5.41) is 5.59. The molecule has 0 unspecified atom stereocenters. The maximum Gasteiger partial charge on any atom is 0.0590 e. The number of hydrogen-bond donors (Lipinski definition) is 1. The maximum atomic E-state index is 5.50. The van der Waals surface area contributed by atoms with Crippen molar-refractivity contribution in [1.82, 2.24) is 5.32 Å². The summed E-state index contributed by atoms with van der Waals surface area (Å²) >= 11 is 1.82. The third-order valence-electron chi connectivity index (χ3n) is 2.82. The number of hydrogen-bond acceptors (Lipinski definition) is 4. The van der Waals surface area contributed by atoms with Gasteiger partial charge in [-0.05, 0) is 17.9 Å². The highest BCUT2D eigenvalue weighted by Gasteiger charge is 2.20. The number of ether oxygens (including phenoxy) is 2. The van der Waals surface area contributed by atoms with E-state index >= 15 is 0 Å². The van der Waals surface area contributed by atoms with Gasteiger partial charge in [0.05, 0.1) is 6.61 Å². The van der Waals surface area contributed by atoms with Crippen molar-refractivity contribution >= 4 is 11.3 Å². The van der Waals surface area contributed by atoms with Gasteiger partial charge in [-0.15, -0.1) is 11.3 Å². The number of thiophene rings is 1. The fraction of sp³-hybridized carbons (Fsp3) is 0.714. The largest absolute Gasteiger partial charge is 0.385 e. The molecule has 0 amide bonds. The molecular formula is C14H25NO2S. The molecule has 18 heavy (non-hydrogen) atoms. The summed E-state index contributed by atoms with van der Waals surface area (Å²) in [5.41, 5.74) is 0.199. The second-order valence-electron chi connectivity index (χ2n) is 5.00. The number of nitrogens with one attached hydrogen (secondary N) is 1. The van der Waals surface area contributed by atoms with Crippen molar-refractivity contribution < 1.29 is 9.47 Å². The van der Waals surface area contributed by atoms with Gasteiger partial charge in [0.25, 0.3) is 0 Å². The van der Waals surface area contributed by atoms with Crippen molar-refractivity contribution in [3.05, 3.63) is 22.4 Å². The lowest BCUT2D eigenvalue weighted by molar-refractivity contribution is 0.104. The Morgan fingerprint density at radius 2 is 2.11 bits per heavy atom. The summed E-state index contributed by atoms with van der Waals surface area (Å²) in [4.78, 5) is 1.43. The van der Waals surface area contributed by atoms with Crippen LogP contribution < -0.4 is 5.32 Å². The Balaban J connectivity index is 2.04. The van der Waals surface area contributed by atoms with E-state index in [-0.39, 0.29) is 5.41 Å². The molecule has 1 heterocycles. The molecule has 0 atom stereocenters. The molecule has 0 aliphatic carbocycles. The molecule has 0 aliphatic rings. The molecule has 0 saturated heterocycles. The molecule has 4 heteroatoms. The van der Waals surface area contributed by atoms with E-state index in [0.717, 1.165) is 39.3 Å². The highest BCUT2D eigenvalue weighted by Crippen LogP contribution is 2.26. The van der Waals surface area contributed by atoms with E-state index < -0.39 is 0 Å². The van der Waals surface area contributed by atoms with Crippen LogP contribution in [0, 0.1) is 0 Å². The quantitative estimate of drug-likeness (QED) is 0.664. The Kier molecular flexibility index (Phi) is 7.51. The normalized spacial score (nSPS) is 11.9. The van der Waals surface area contributed by atoms with E-state index in [2.05, 4.69) is 36.7 Å². The zero-order chi connectivity index (χ0) is 13.3. The molecule has 1 aromatic rings. The van der Waals surface area contributed by atoms with Gasteiger partial charge in [0, 0.05) is 43.7 Å². The van der Waals surface area contributed by atoms with E-state index in [0.29, 0.717) is 0 Å². The van der Waals surface area contributed by atoms with Crippen LogP contribution in [0.3, 0.4) is 0 Å². The molecule has 0 radical (unpaired) electrons. The van der Waals surface area contributed by atoms with Gasteiger partial charge in [-0.25, -0.2) is 0 Å². The summed E-state index contributed by atoms with van der Waals surface area (Å²) < 4.78 is 10.5. The van der Waals surface area contributed by atoms with Crippen LogP contribution in [0.1, 0.15) is 25.1 Å². The van der Waals surface area contributed by atoms with Gasteiger partial charge in [-0.1, -0.05) is 19.9 Å². The van der Waals surface area contributed by atoms with Crippen LogP contribution in [-0.2, 0) is 14.9 Å². The predicted molar refractivity (Wildman–Crippen MR) is 77.5 cm³/mol. The highest BCUT2D eigenvalue weighted by atomic mass is 32.1. The molecule has 0 saturated carbocycles. The summed E-state index contributed by atoms with van der Waals surface area (Å²) in [6, 6.07) is 4.31. The molecule has 3 nitrogen and oxygen atoms in total. The van der Waals surface area contributed by atoms with Gasteiger partial charge < -0.3 is 14.8 Å². The first kappa shape index (κ1) is 15.6. The third-order valence-corrected chi connectivity index (χ3v) is 4.05. The van der Waals surface area contributed by atoms with Gasteiger partial charge in [0.15, 0.2) is 0 Å². The Labute approximate surface area is 114 Å². The van der Waals surface area contributed by atoms with Crippen molar-refractivity contribution in [3.8, 4) is 0 Å². The minimum absolute atomic E-state index is 0.199. The first-order valence-corrected chi connectivity index (χ1v) is 7.36. The second-order valence-corrected chi connectivity index (χ2v) is 5.94. The topological polar surface area (TPSA) is 30.5 Å². The smallest absolute Gasteiger partial charge is 0.0590 e. The zero-order valence-corrected chi connectivity index (χ0v) is 12.5. The van der Waals surface area contributed by atoms with Gasteiger partial charge in [0.1, 0.15) is 0 Å². The molecule has 104 valence electrons. The van der Waals surface area contributed by atoms with Crippen LogP contribution in [0.15, 0.2) is 17.5 Å². The molecule has 0 aromatic carbocycles. The number of rotatable bonds is 10. The molecule has 0 fully saturated rings. The maximum absolute atomic E-state index is 5.50. The van der Waals surface area contributed by atoms with Crippen molar-refractivity contribution in [3.63, 3.8) is 0 Å². The fourth-order valence-corrected chi connectivity index (χ4v) is 2.56. The standard InChI is InChI=1S/C14H25NO2S/c1-14(2,13-6-4-11-18-13)12-15-7-10-17-9-5-8-16-3/h4,6,11,15H,5,7-10,12H2,1-3H3. The van der Waals surface area contributed by atoms with Gasteiger partial charge in [-0.2, -0.15) is 0 Å². The van der Waals surface area contributed by atoms with E-state index in [1.165, 1.54) is 4.88 Å². The van der Waals surface area contributed by atoms with Crippen LogP contribution >= 0.6 is 11.3 Å². The first-order chi connectivity index (χ1) is 8.67. The Morgan fingerprint density at radius 1 is 1.28 bits per heavy atom. The Morgan fingerprint density at radius 3 is 2.78 bits per heavy atom. The van der Waals surface area contributed by atoms with Crippen LogP contribution in [0.4, 0.5) is 0 Å². The average Bonchev–Trinajstić information content (AvgIpc) is 2.87. The van der Waals surface area contributed by atoms with Crippen LogP contribution in [-0.4, -0.2) is 40.0 Å². The van der Waals surface area contributed by atoms with Crippen molar-refractivity contribution in [2.45, 2.75) is 25.7 Å². The summed E-state index contributed by atoms with van der Waals surface area (Å²) in [5.74, 6) is 0. The average molecular weight is 271 g/mol. The minimum Gasteiger partial charge on any atom is -0.385 e. The van der Waals surface area contributed by atoms with E-state index in [4.69, 9.17) is 9.47 Å². The molecule has 0 aliphatic heterocycles. The second kappa shape index (κ2) is 8.64. The van der Waals surface area contributed by atoms with Crippen LogP contribution in [0.2, 0.25) is 0 Å². The summed E-state index contributed by atoms with van der Waals surface area (Å²) in [6.45, 7) is 8.75. The van der Waals surface area contributed by atoms with Crippen molar-refractivity contribution in [2.24, 2.45) is 0 Å². The molecular weight excluding hydrogens is 246 g/mol. The Hall–Kier alpha value is -0.420. The van der Waals surface area contributed by atoms with Crippen LogP contribution in [0.5, 0.6) is 0 Å². The Bertz CT molecular complexity index is 299. The van der Waals surface area contributed by atoms with Crippen molar-refractivity contribution in [2.75, 3.05) is 40.0 Å². The summed E-state index contributed by atoms with van der Waals surface area (Å²) in [6.07, 6.45) is 0.969. The molecule has 1 aromatic heterocycles. The fourth-order valence-electron chi connectivity index (χ4n) is 1.70. The molecule has 0 bridgehead atoms. The predicted octanol–water partition coefficient (Wildman–Crippen LogP) is 2.67. The monoisotopic (exact) mass is 271 g/mol. The third kappa shape index (κ3) is 5.96. The van der Waals surface area contributed by atoms with E-state index in [9.17, 15) is 0 Å². The van der Waals surface area contributed by atoms with Gasteiger partial charge in [-0.3, -0.25) is 0 Å². The highest BCUT2D eigenvalue weighted by molar-refractivity contribution is 7.10. The van der Waals surface area contributed by atoms with Crippen LogP contribution in [0.25, 0.3) is 0 Å². The van der Waals surface area contributed by atoms with Gasteiger partial charge in [0.2, 0.25) is 0 Å². The number of methoxy groups -OCH3 is 1. The SMILES string of the molecule is COCCCOCCNCC(C)(C)c1cccs1.